The molecule has 0 spiro atoms. The van der Waals surface area contributed by atoms with Gasteiger partial charge in [0.05, 0.1) is 24.1 Å². The molecule has 80 valence electrons. The van der Waals surface area contributed by atoms with Gasteiger partial charge in [0.2, 0.25) is 0 Å². The SMILES string of the molecule is Cc1cc(Cn2cc(CN)cn2)n(C)n1. The largest absolute Gasteiger partial charge is 0.326 e. The molecule has 0 saturated heterocycles. The van der Waals surface area contributed by atoms with Gasteiger partial charge in [-0.25, -0.2) is 0 Å². The molecule has 0 saturated carbocycles. The third-order valence-corrected chi connectivity index (χ3v) is 2.35. The molecule has 2 N–H and O–H groups in total. The van der Waals surface area contributed by atoms with Gasteiger partial charge < -0.3 is 5.73 Å². The van der Waals surface area contributed by atoms with E-state index in [1.54, 1.807) is 6.20 Å². The Morgan fingerprint density at radius 3 is 2.80 bits per heavy atom. The summed E-state index contributed by atoms with van der Waals surface area (Å²) in [6, 6.07) is 2.06. The number of aromatic nitrogens is 4. The molecule has 15 heavy (non-hydrogen) atoms. The van der Waals surface area contributed by atoms with Crippen molar-refractivity contribution in [3.8, 4) is 0 Å². The third kappa shape index (κ3) is 2.07. The minimum absolute atomic E-state index is 0.532. The minimum Gasteiger partial charge on any atom is -0.326 e. The first-order valence-corrected chi connectivity index (χ1v) is 4.90. The van der Waals surface area contributed by atoms with Crippen LogP contribution in [-0.4, -0.2) is 19.6 Å². The first-order chi connectivity index (χ1) is 7.19. The van der Waals surface area contributed by atoms with E-state index in [1.807, 2.05) is 29.5 Å². The van der Waals surface area contributed by atoms with E-state index in [0.717, 1.165) is 23.5 Å². The Bertz CT molecular complexity index is 454. The van der Waals surface area contributed by atoms with E-state index in [0.29, 0.717) is 6.54 Å². The fourth-order valence-corrected chi connectivity index (χ4v) is 1.58. The van der Waals surface area contributed by atoms with Crippen LogP contribution >= 0.6 is 0 Å². The monoisotopic (exact) mass is 205 g/mol. The second kappa shape index (κ2) is 3.86. The number of nitrogens with zero attached hydrogens (tertiary/aromatic N) is 4. The van der Waals surface area contributed by atoms with Crippen molar-refractivity contribution in [2.75, 3.05) is 0 Å². The topological polar surface area (TPSA) is 61.7 Å². The summed E-state index contributed by atoms with van der Waals surface area (Å²) in [5.74, 6) is 0. The molecule has 0 aliphatic heterocycles. The van der Waals surface area contributed by atoms with Crippen molar-refractivity contribution in [3.63, 3.8) is 0 Å². The van der Waals surface area contributed by atoms with E-state index in [4.69, 9.17) is 5.73 Å². The van der Waals surface area contributed by atoms with Gasteiger partial charge in [-0.2, -0.15) is 10.2 Å². The van der Waals surface area contributed by atoms with Crippen molar-refractivity contribution in [1.29, 1.82) is 0 Å². The fraction of sp³-hybridized carbons (Fsp3) is 0.400. The van der Waals surface area contributed by atoms with E-state index < -0.39 is 0 Å². The van der Waals surface area contributed by atoms with Crippen LogP contribution in [0.3, 0.4) is 0 Å². The van der Waals surface area contributed by atoms with Crippen LogP contribution in [0.4, 0.5) is 0 Å². The lowest BCUT2D eigenvalue weighted by Crippen LogP contribution is -2.05. The highest BCUT2D eigenvalue weighted by molar-refractivity contribution is 5.10. The van der Waals surface area contributed by atoms with Gasteiger partial charge in [-0.3, -0.25) is 9.36 Å². The number of hydrogen-bond donors (Lipinski definition) is 1. The Balaban J connectivity index is 2.17. The molecule has 0 fully saturated rings. The molecule has 2 rings (SSSR count). The molecule has 2 aromatic heterocycles. The third-order valence-electron chi connectivity index (χ3n) is 2.35. The van der Waals surface area contributed by atoms with Gasteiger partial charge in [-0.05, 0) is 13.0 Å². The first kappa shape index (κ1) is 9.92. The van der Waals surface area contributed by atoms with Crippen molar-refractivity contribution in [2.24, 2.45) is 12.8 Å². The summed E-state index contributed by atoms with van der Waals surface area (Å²) in [7, 11) is 1.94. The van der Waals surface area contributed by atoms with Gasteiger partial charge in [0.1, 0.15) is 0 Å². The highest BCUT2D eigenvalue weighted by atomic mass is 15.3. The zero-order valence-electron chi connectivity index (χ0n) is 9.01. The van der Waals surface area contributed by atoms with Crippen molar-refractivity contribution in [2.45, 2.75) is 20.0 Å². The van der Waals surface area contributed by atoms with Gasteiger partial charge in [0.15, 0.2) is 0 Å². The highest BCUT2D eigenvalue weighted by Gasteiger charge is 2.03. The number of aryl methyl sites for hydroxylation is 2. The second-order valence-corrected chi connectivity index (χ2v) is 3.65. The maximum Gasteiger partial charge on any atom is 0.0828 e. The number of hydrogen-bond acceptors (Lipinski definition) is 3. The standard InChI is InChI=1S/C10H15N5/c1-8-3-10(14(2)13-8)7-15-6-9(4-11)5-12-15/h3,5-6H,4,7,11H2,1-2H3. The fourth-order valence-electron chi connectivity index (χ4n) is 1.58. The number of rotatable bonds is 3. The zero-order valence-corrected chi connectivity index (χ0v) is 9.01. The highest BCUT2D eigenvalue weighted by Crippen LogP contribution is 2.05. The van der Waals surface area contributed by atoms with Crippen LogP contribution in [0.2, 0.25) is 0 Å². The Morgan fingerprint density at radius 1 is 1.47 bits per heavy atom. The Kier molecular flexibility index (Phi) is 2.55. The smallest absolute Gasteiger partial charge is 0.0828 e. The number of nitrogens with two attached hydrogens (primary N) is 1. The molecular formula is C10H15N5. The summed E-state index contributed by atoms with van der Waals surface area (Å²) in [5, 5.41) is 8.51. The molecule has 0 atom stereocenters. The summed E-state index contributed by atoms with van der Waals surface area (Å²) in [5.41, 5.74) is 8.73. The summed E-state index contributed by atoms with van der Waals surface area (Å²) in [6.07, 6.45) is 3.76. The molecule has 5 nitrogen and oxygen atoms in total. The quantitative estimate of drug-likeness (QED) is 0.790. The molecule has 2 heterocycles. The van der Waals surface area contributed by atoms with E-state index in [1.165, 1.54) is 0 Å². The van der Waals surface area contributed by atoms with Crippen molar-refractivity contribution in [1.82, 2.24) is 19.6 Å². The predicted octanol–water partition coefficient (Wildman–Crippen LogP) is 0.432. The Labute approximate surface area is 88.5 Å². The molecule has 0 aliphatic rings. The molecule has 0 bridgehead atoms. The molecule has 0 unspecified atom stereocenters. The summed E-state index contributed by atoms with van der Waals surface area (Å²) in [6.45, 7) is 3.25. The Hall–Kier alpha value is -1.62. The predicted molar refractivity (Wildman–Crippen MR) is 57.2 cm³/mol. The van der Waals surface area contributed by atoms with Crippen LogP contribution in [-0.2, 0) is 20.1 Å². The van der Waals surface area contributed by atoms with Crippen LogP contribution < -0.4 is 5.73 Å². The lowest BCUT2D eigenvalue weighted by atomic mass is 10.3. The van der Waals surface area contributed by atoms with Gasteiger partial charge in [0, 0.05) is 25.4 Å². The molecular weight excluding hydrogens is 190 g/mol. The molecule has 0 aromatic carbocycles. The summed E-state index contributed by atoms with van der Waals surface area (Å²) < 4.78 is 3.75. The van der Waals surface area contributed by atoms with Gasteiger partial charge in [-0.1, -0.05) is 0 Å². The maximum atomic E-state index is 5.52. The average Bonchev–Trinajstić information content (AvgIpc) is 2.75. The summed E-state index contributed by atoms with van der Waals surface area (Å²) in [4.78, 5) is 0. The Morgan fingerprint density at radius 2 is 2.27 bits per heavy atom. The van der Waals surface area contributed by atoms with Gasteiger partial charge in [0.25, 0.3) is 0 Å². The van der Waals surface area contributed by atoms with E-state index in [-0.39, 0.29) is 0 Å². The van der Waals surface area contributed by atoms with E-state index in [9.17, 15) is 0 Å². The lowest BCUT2D eigenvalue weighted by molar-refractivity contribution is 0.618. The van der Waals surface area contributed by atoms with Crippen molar-refractivity contribution >= 4 is 0 Å². The second-order valence-electron chi connectivity index (χ2n) is 3.65. The van der Waals surface area contributed by atoms with E-state index in [2.05, 4.69) is 16.3 Å². The molecule has 2 aromatic rings. The molecule has 0 aliphatic carbocycles. The first-order valence-electron chi connectivity index (χ1n) is 4.90. The van der Waals surface area contributed by atoms with Crippen molar-refractivity contribution in [3.05, 3.63) is 35.4 Å². The van der Waals surface area contributed by atoms with Crippen LogP contribution in [0.25, 0.3) is 0 Å². The van der Waals surface area contributed by atoms with Gasteiger partial charge >= 0.3 is 0 Å². The molecule has 5 heteroatoms. The van der Waals surface area contributed by atoms with Crippen LogP contribution in [0.1, 0.15) is 17.0 Å². The molecule has 0 radical (unpaired) electrons. The lowest BCUT2D eigenvalue weighted by Gasteiger charge is -2.01. The van der Waals surface area contributed by atoms with Gasteiger partial charge in [-0.15, -0.1) is 0 Å². The van der Waals surface area contributed by atoms with Crippen molar-refractivity contribution < 1.29 is 0 Å². The minimum atomic E-state index is 0.532. The van der Waals surface area contributed by atoms with Crippen LogP contribution in [0.5, 0.6) is 0 Å². The normalized spacial score (nSPS) is 10.9. The van der Waals surface area contributed by atoms with E-state index >= 15 is 0 Å². The zero-order chi connectivity index (χ0) is 10.8. The average molecular weight is 205 g/mol. The van der Waals surface area contributed by atoms with Crippen LogP contribution in [0.15, 0.2) is 18.5 Å². The van der Waals surface area contributed by atoms with Crippen LogP contribution in [0, 0.1) is 6.92 Å². The summed E-state index contributed by atoms with van der Waals surface area (Å²) >= 11 is 0. The molecule has 0 amide bonds. The maximum absolute atomic E-state index is 5.52.